The summed E-state index contributed by atoms with van der Waals surface area (Å²) >= 11 is 0. The molecule has 160 valence electrons. The minimum atomic E-state index is -0.207. The van der Waals surface area contributed by atoms with Crippen molar-refractivity contribution < 1.29 is 9.59 Å². The number of carbonyl (C=O) groups is 2. The Bertz CT molecular complexity index is 1140. The fraction of sp³-hybridized carbons (Fsp3) is 0.348. The van der Waals surface area contributed by atoms with Gasteiger partial charge in [0.15, 0.2) is 0 Å². The van der Waals surface area contributed by atoms with E-state index in [1.807, 2.05) is 43.7 Å². The van der Waals surface area contributed by atoms with E-state index in [1.165, 1.54) is 0 Å². The van der Waals surface area contributed by atoms with Crippen LogP contribution in [0.3, 0.4) is 0 Å². The summed E-state index contributed by atoms with van der Waals surface area (Å²) in [5.74, 6) is 0.545. The van der Waals surface area contributed by atoms with Gasteiger partial charge in [-0.2, -0.15) is 5.10 Å². The molecule has 3 aromatic rings. The number of anilines is 2. The van der Waals surface area contributed by atoms with Crippen molar-refractivity contribution in [1.29, 1.82) is 0 Å². The molecule has 3 aromatic heterocycles. The van der Waals surface area contributed by atoms with Gasteiger partial charge in [-0.3, -0.25) is 24.5 Å². The molecule has 0 aliphatic carbocycles. The molecular weight excluding hydrogens is 392 g/mol. The van der Waals surface area contributed by atoms with Crippen LogP contribution < -0.4 is 10.2 Å². The average molecular weight is 419 g/mol. The highest BCUT2D eigenvalue weighted by Gasteiger charge is 2.24. The van der Waals surface area contributed by atoms with Crippen molar-refractivity contribution in [3.05, 3.63) is 53.6 Å². The van der Waals surface area contributed by atoms with Crippen molar-refractivity contribution in [2.24, 2.45) is 0 Å². The maximum Gasteiger partial charge on any atom is 0.228 e. The van der Waals surface area contributed by atoms with Gasteiger partial charge in [0.1, 0.15) is 5.82 Å². The molecule has 0 atom stereocenters. The van der Waals surface area contributed by atoms with Crippen LogP contribution in [0.25, 0.3) is 11.3 Å². The number of carbonyl (C=O) groups excluding carboxylic acids is 2. The SMILES string of the molecule is Cc1cncc(-c2ncc(NC(=O)CCC(=O)N3CCCn4nc(C)cc43)cc2C)c1. The van der Waals surface area contributed by atoms with E-state index in [9.17, 15) is 9.59 Å². The predicted octanol–water partition coefficient (Wildman–Crippen LogP) is 3.42. The number of fused-ring (bicyclic) bond motifs is 1. The largest absolute Gasteiger partial charge is 0.325 e. The van der Waals surface area contributed by atoms with Gasteiger partial charge in [-0.1, -0.05) is 0 Å². The van der Waals surface area contributed by atoms with Crippen molar-refractivity contribution in [2.75, 3.05) is 16.8 Å². The van der Waals surface area contributed by atoms with Crippen LogP contribution in [0.5, 0.6) is 0 Å². The molecule has 0 bridgehead atoms. The third-order valence-electron chi connectivity index (χ3n) is 5.29. The van der Waals surface area contributed by atoms with Gasteiger partial charge < -0.3 is 5.32 Å². The Kier molecular flexibility index (Phi) is 5.79. The molecule has 0 spiro atoms. The van der Waals surface area contributed by atoms with E-state index < -0.39 is 0 Å². The molecule has 1 N–H and O–H groups in total. The zero-order valence-corrected chi connectivity index (χ0v) is 18.1. The first kappa shape index (κ1) is 20.7. The van der Waals surface area contributed by atoms with E-state index in [-0.39, 0.29) is 24.7 Å². The first-order valence-electron chi connectivity index (χ1n) is 10.4. The smallest absolute Gasteiger partial charge is 0.228 e. The molecular formula is C23H26N6O2. The lowest BCUT2D eigenvalue weighted by atomic mass is 10.1. The summed E-state index contributed by atoms with van der Waals surface area (Å²) in [4.78, 5) is 35.6. The zero-order chi connectivity index (χ0) is 22.0. The molecule has 1 aliphatic rings. The van der Waals surface area contributed by atoms with Crippen molar-refractivity contribution in [3.8, 4) is 11.3 Å². The van der Waals surface area contributed by atoms with Crippen LogP contribution in [0.15, 0.2) is 36.8 Å². The van der Waals surface area contributed by atoms with E-state index in [4.69, 9.17) is 0 Å². The molecule has 4 heterocycles. The summed E-state index contributed by atoms with van der Waals surface area (Å²) in [6.07, 6.45) is 6.34. The molecule has 4 rings (SSSR count). The Morgan fingerprint density at radius 1 is 1.03 bits per heavy atom. The van der Waals surface area contributed by atoms with Crippen LogP contribution in [-0.2, 0) is 16.1 Å². The highest BCUT2D eigenvalue weighted by molar-refractivity contribution is 5.97. The summed E-state index contributed by atoms with van der Waals surface area (Å²) in [6, 6.07) is 5.83. The third kappa shape index (κ3) is 4.63. The topological polar surface area (TPSA) is 93.0 Å². The van der Waals surface area contributed by atoms with Crippen molar-refractivity contribution >= 4 is 23.3 Å². The number of nitrogens with one attached hydrogen (secondary N) is 1. The Morgan fingerprint density at radius 2 is 1.87 bits per heavy atom. The number of amides is 2. The lowest BCUT2D eigenvalue weighted by Gasteiger charge is -2.27. The minimum absolute atomic E-state index is 0.0624. The first-order chi connectivity index (χ1) is 14.9. The zero-order valence-electron chi connectivity index (χ0n) is 18.1. The van der Waals surface area contributed by atoms with E-state index >= 15 is 0 Å². The molecule has 31 heavy (non-hydrogen) atoms. The van der Waals surface area contributed by atoms with Crippen LogP contribution in [-0.4, -0.2) is 38.1 Å². The maximum absolute atomic E-state index is 12.7. The molecule has 2 amide bonds. The highest BCUT2D eigenvalue weighted by atomic mass is 16.2. The number of aromatic nitrogens is 4. The van der Waals surface area contributed by atoms with Gasteiger partial charge in [0.25, 0.3) is 0 Å². The van der Waals surface area contributed by atoms with Crippen LogP contribution in [0.1, 0.15) is 36.1 Å². The lowest BCUT2D eigenvalue weighted by Crippen LogP contribution is -2.37. The van der Waals surface area contributed by atoms with Crippen LogP contribution >= 0.6 is 0 Å². The lowest BCUT2D eigenvalue weighted by molar-refractivity contribution is -0.122. The Hall–Kier alpha value is -3.55. The van der Waals surface area contributed by atoms with Crippen molar-refractivity contribution in [1.82, 2.24) is 19.7 Å². The predicted molar refractivity (Wildman–Crippen MR) is 119 cm³/mol. The molecule has 0 saturated carbocycles. The summed E-state index contributed by atoms with van der Waals surface area (Å²) in [5, 5.41) is 7.26. The molecule has 0 radical (unpaired) electrons. The Labute approximate surface area is 181 Å². The number of nitrogens with zero attached hydrogens (tertiary/aromatic N) is 5. The highest BCUT2D eigenvalue weighted by Crippen LogP contribution is 2.24. The number of hydrogen-bond acceptors (Lipinski definition) is 5. The van der Waals surface area contributed by atoms with E-state index in [2.05, 4.69) is 20.4 Å². The number of pyridine rings is 2. The maximum atomic E-state index is 12.7. The number of rotatable bonds is 5. The second-order valence-electron chi connectivity index (χ2n) is 7.95. The van der Waals surface area contributed by atoms with Gasteiger partial charge in [0, 0.05) is 50.0 Å². The normalized spacial score (nSPS) is 13.1. The molecule has 8 nitrogen and oxygen atoms in total. The number of hydrogen-bond donors (Lipinski definition) is 1. The van der Waals surface area contributed by atoms with Crippen LogP contribution in [0.2, 0.25) is 0 Å². The first-order valence-corrected chi connectivity index (χ1v) is 10.4. The monoisotopic (exact) mass is 418 g/mol. The minimum Gasteiger partial charge on any atom is -0.325 e. The molecule has 0 aromatic carbocycles. The fourth-order valence-electron chi connectivity index (χ4n) is 3.87. The third-order valence-corrected chi connectivity index (χ3v) is 5.29. The quantitative estimate of drug-likeness (QED) is 0.685. The van der Waals surface area contributed by atoms with E-state index in [1.54, 1.807) is 23.5 Å². The van der Waals surface area contributed by atoms with Crippen LogP contribution in [0.4, 0.5) is 11.5 Å². The molecule has 0 fully saturated rings. The summed E-state index contributed by atoms with van der Waals surface area (Å²) in [5.41, 5.74) is 5.29. The second-order valence-corrected chi connectivity index (χ2v) is 7.95. The molecule has 8 heteroatoms. The van der Waals surface area contributed by atoms with E-state index in [0.717, 1.165) is 46.9 Å². The second kappa shape index (κ2) is 8.67. The molecule has 1 aliphatic heterocycles. The Morgan fingerprint density at radius 3 is 2.65 bits per heavy atom. The van der Waals surface area contributed by atoms with Gasteiger partial charge in [0.2, 0.25) is 11.8 Å². The van der Waals surface area contributed by atoms with Gasteiger partial charge in [0.05, 0.1) is 23.3 Å². The van der Waals surface area contributed by atoms with E-state index in [0.29, 0.717) is 12.2 Å². The van der Waals surface area contributed by atoms with Gasteiger partial charge >= 0.3 is 0 Å². The van der Waals surface area contributed by atoms with Gasteiger partial charge in [-0.05, 0) is 50.5 Å². The van der Waals surface area contributed by atoms with Crippen molar-refractivity contribution in [3.63, 3.8) is 0 Å². The van der Waals surface area contributed by atoms with Gasteiger partial charge in [-0.25, -0.2) is 4.68 Å². The summed E-state index contributed by atoms with van der Waals surface area (Å²) in [7, 11) is 0. The molecule has 0 unspecified atom stereocenters. The summed E-state index contributed by atoms with van der Waals surface area (Å²) < 4.78 is 1.86. The number of aryl methyl sites for hydroxylation is 4. The molecule has 0 saturated heterocycles. The van der Waals surface area contributed by atoms with Crippen molar-refractivity contribution in [2.45, 2.75) is 46.6 Å². The standard InChI is InChI=1S/C23H26N6O2/c1-15-9-18(13-24-12-15)23-16(2)10-19(14-25-23)26-20(30)5-6-22(31)28-7-4-8-29-21(28)11-17(3)27-29/h9-14H,4-8H2,1-3H3,(H,26,30). The van der Waals surface area contributed by atoms with Crippen LogP contribution in [0, 0.1) is 20.8 Å². The Balaban J connectivity index is 1.36. The average Bonchev–Trinajstić information content (AvgIpc) is 3.12. The summed E-state index contributed by atoms with van der Waals surface area (Å²) in [6.45, 7) is 7.32. The fourth-order valence-corrected chi connectivity index (χ4v) is 3.87. The van der Waals surface area contributed by atoms with Gasteiger partial charge in [-0.15, -0.1) is 0 Å².